The largest absolute Gasteiger partial charge is 0.493 e. The van der Waals surface area contributed by atoms with Gasteiger partial charge >= 0.3 is 0 Å². The number of amides is 1. The van der Waals surface area contributed by atoms with Gasteiger partial charge in [-0.2, -0.15) is 10.1 Å². The van der Waals surface area contributed by atoms with Crippen LogP contribution in [0.4, 0.5) is 9.52 Å². The van der Waals surface area contributed by atoms with Crippen molar-refractivity contribution in [2.24, 2.45) is 5.10 Å². The number of aromatic nitrogens is 1. The third-order valence-electron chi connectivity index (χ3n) is 5.60. The summed E-state index contributed by atoms with van der Waals surface area (Å²) >= 11 is 1.08. The normalized spacial score (nSPS) is 11.8. The van der Waals surface area contributed by atoms with Crippen LogP contribution in [0.15, 0.2) is 64.6 Å². The Morgan fingerprint density at radius 3 is 2.18 bits per heavy atom. The van der Waals surface area contributed by atoms with E-state index in [-0.39, 0.29) is 15.6 Å². The van der Waals surface area contributed by atoms with Gasteiger partial charge in [0, 0.05) is 25.2 Å². The van der Waals surface area contributed by atoms with Gasteiger partial charge in [0.1, 0.15) is 5.82 Å². The number of hydrogen-bond donors (Lipinski definition) is 0. The number of methoxy groups -OCH3 is 3. The molecule has 1 heterocycles. The van der Waals surface area contributed by atoms with Crippen LogP contribution in [0.1, 0.15) is 15.9 Å². The molecule has 0 aliphatic heterocycles. The van der Waals surface area contributed by atoms with Gasteiger partial charge in [-0.05, 0) is 54.6 Å². The van der Waals surface area contributed by atoms with E-state index in [4.69, 9.17) is 14.2 Å². The number of sulfonamides is 1. The molecule has 0 bridgehead atoms. The summed E-state index contributed by atoms with van der Waals surface area (Å²) in [6, 6.07) is 12.9. The second-order valence-electron chi connectivity index (χ2n) is 8.24. The van der Waals surface area contributed by atoms with Crippen molar-refractivity contribution in [2.75, 3.05) is 40.4 Å². The minimum absolute atomic E-state index is 0.0342. The first-order chi connectivity index (χ1) is 18.6. The molecule has 3 aromatic carbocycles. The molecule has 4 aromatic rings. The van der Waals surface area contributed by atoms with Gasteiger partial charge < -0.3 is 14.2 Å². The van der Waals surface area contributed by atoms with Gasteiger partial charge in [0.25, 0.3) is 5.91 Å². The molecule has 1 amide bonds. The zero-order valence-electron chi connectivity index (χ0n) is 21.7. The van der Waals surface area contributed by atoms with Crippen LogP contribution in [0.3, 0.4) is 0 Å². The number of hydrogen-bond acceptors (Lipinski definition) is 9. The van der Waals surface area contributed by atoms with Crippen LogP contribution < -0.4 is 19.2 Å². The number of carbonyl (C=O) groups is 1. The maximum atomic E-state index is 13.8. The molecule has 0 atom stereocenters. The van der Waals surface area contributed by atoms with E-state index in [2.05, 4.69) is 10.1 Å². The van der Waals surface area contributed by atoms with Crippen molar-refractivity contribution in [3.8, 4) is 17.2 Å². The maximum absolute atomic E-state index is 13.8. The number of anilines is 1. The van der Waals surface area contributed by atoms with Crippen molar-refractivity contribution in [3.05, 3.63) is 71.5 Å². The number of nitrogens with zero attached hydrogens (tertiary/aromatic N) is 4. The first-order valence-corrected chi connectivity index (χ1v) is 13.6. The summed E-state index contributed by atoms with van der Waals surface area (Å²) in [5.74, 6) is 0.168. The minimum Gasteiger partial charge on any atom is -0.493 e. The molecule has 10 nitrogen and oxygen atoms in total. The summed E-state index contributed by atoms with van der Waals surface area (Å²) in [5.41, 5.74) is 1.19. The molecular formula is C26H25FN4O6S2. The molecule has 39 heavy (non-hydrogen) atoms. The van der Waals surface area contributed by atoms with Crippen LogP contribution in [0.25, 0.3) is 10.2 Å². The fourth-order valence-corrected chi connectivity index (χ4v) is 5.42. The zero-order chi connectivity index (χ0) is 28.3. The van der Waals surface area contributed by atoms with Gasteiger partial charge in [0.15, 0.2) is 11.5 Å². The summed E-state index contributed by atoms with van der Waals surface area (Å²) in [5, 5.41) is 5.66. The number of fused-ring (bicyclic) bond motifs is 1. The Morgan fingerprint density at radius 1 is 0.974 bits per heavy atom. The first-order valence-electron chi connectivity index (χ1n) is 11.4. The van der Waals surface area contributed by atoms with Crippen molar-refractivity contribution < 1.29 is 31.8 Å². The molecule has 0 aliphatic rings. The number of hydrazone groups is 1. The van der Waals surface area contributed by atoms with Gasteiger partial charge in [-0.3, -0.25) is 4.79 Å². The lowest BCUT2D eigenvalue weighted by molar-refractivity contribution is 0.0987. The Kier molecular flexibility index (Phi) is 8.14. The monoisotopic (exact) mass is 572 g/mol. The standard InChI is InChI=1S/C26H25FN4O6S2/c1-30(2)39(33,34)19-9-6-17(7-10-19)25(32)31(26-29-20-11-8-18(27)14-23(20)38-26)28-15-16-12-21(35-3)24(37-5)22(13-16)36-4/h6-15H,1-5H3/b28-15+. The van der Waals surface area contributed by atoms with Crippen molar-refractivity contribution in [1.82, 2.24) is 9.29 Å². The van der Waals surface area contributed by atoms with E-state index in [9.17, 15) is 17.6 Å². The highest BCUT2D eigenvalue weighted by Gasteiger charge is 2.23. The van der Waals surface area contributed by atoms with E-state index < -0.39 is 21.7 Å². The van der Waals surface area contributed by atoms with Crippen molar-refractivity contribution in [3.63, 3.8) is 0 Å². The van der Waals surface area contributed by atoms with Crippen LogP contribution in [0.5, 0.6) is 17.2 Å². The van der Waals surface area contributed by atoms with Crippen LogP contribution in [0, 0.1) is 5.82 Å². The van der Waals surface area contributed by atoms with E-state index >= 15 is 0 Å². The number of halogens is 1. The molecule has 13 heteroatoms. The van der Waals surface area contributed by atoms with Crippen LogP contribution >= 0.6 is 11.3 Å². The third-order valence-corrected chi connectivity index (χ3v) is 8.42. The summed E-state index contributed by atoms with van der Waals surface area (Å²) in [4.78, 5) is 18.1. The van der Waals surface area contributed by atoms with E-state index in [1.807, 2.05) is 0 Å². The Balaban J connectivity index is 1.78. The lowest BCUT2D eigenvalue weighted by Crippen LogP contribution is -2.26. The van der Waals surface area contributed by atoms with Crippen molar-refractivity contribution >= 4 is 48.8 Å². The fraction of sp³-hybridized carbons (Fsp3) is 0.192. The third kappa shape index (κ3) is 5.70. The van der Waals surface area contributed by atoms with E-state index in [0.717, 1.165) is 20.7 Å². The highest BCUT2D eigenvalue weighted by Crippen LogP contribution is 2.38. The highest BCUT2D eigenvalue weighted by molar-refractivity contribution is 7.89. The Morgan fingerprint density at radius 2 is 1.62 bits per heavy atom. The Bertz CT molecular complexity index is 1630. The van der Waals surface area contributed by atoms with Crippen molar-refractivity contribution in [1.29, 1.82) is 0 Å². The fourth-order valence-electron chi connectivity index (χ4n) is 3.57. The summed E-state index contributed by atoms with van der Waals surface area (Å²) < 4.78 is 56.4. The average molecular weight is 573 g/mol. The zero-order valence-corrected chi connectivity index (χ0v) is 23.3. The molecule has 0 saturated carbocycles. The van der Waals surface area contributed by atoms with E-state index in [1.54, 1.807) is 12.1 Å². The highest BCUT2D eigenvalue weighted by atomic mass is 32.2. The molecule has 1 aromatic heterocycles. The number of ether oxygens (including phenoxy) is 3. The topological polar surface area (TPSA) is 111 Å². The summed E-state index contributed by atoms with van der Waals surface area (Å²) in [7, 11) is 3.61. The average Bonchev–Trinajstić information content (AvgIpc) is 3.35. The number of benzene rings is 3. The van der Waals surface area contributed by atoms with E-state index in [1.165, 1.54) is 84.1 Å². The Labute approximate surface area is 228 Å². The SMILES string of the molecule is COc1cc(/C=N/N(C(=O)c2ccc(S(=O)(=O)N(C)C)cc2)c2nc3ccc(F)cc3s2)cc(OC)c1OC. The molecule has 0 spiro atoms. The minimum atomic E-state index is -3.68. The molecular weight excluding hydrogens is 547 g/mol. The molecule has 0 unspecified atom stereocenters. The number of rotatable bonds is 9. The molecule has 4 rings (SSSR count). The predicted molar refractivity (Wildman–Crippen MR) is 147 cm³/mol. The maximum Gasteiger partial charge on any atom is 0.280 e. The van der Waals surface area contributed by atoms with Crippen LogP contribution in [-0.4, -0.2) is 65.3 Å². The second-order valence-corrected chi connectivity index (χ2v) is 11.4. The first kappa shape index (κ1) is 28.0. The van der Waals surface area contributed by atoms with Crippen molar-refractivity contribution in [2.45, 2.75) is 4.90 Å². The van der Waals surface area contributed by atoms with Gasteiger partial charge in [-0.25, -0.2) is 22.1 Å². The van der Waals surface area contributed by atoms with E-state index in [0.29, 0.717) is 33.0 Å². The smallest absolute Gasteiger partial charge is 0.280 e. The van der Waals surface area contributed by atoms with Crippen LogP contribution in [0.2, 0.25) is 0 Å². The molecule has 0 aliphatic carbocycles. The molecule has 0 radical (unpaired) electrons. The number of thiazole rings is 1. The quantitative estimate of drug-likeness (QED) is 0.216. The molecule has 0 saturated heterocycles. The molecule has 204 valence electrons. The predicted octanol–water partition coefficient (Wildman–Crippen LogP) is 4.39. The molecule has 0 N–H and O–H groups in total. The Hall–Kier alpha value is -4.07. The van der Waals surface area contributed by atoms with Crippen LogP contribution in [-0.2, 0) is 10.0 Å². The van der Waals surface area contributed by atoms with Gasteiger partial charge in [0.05, 0.1) is 42.7 Å². The van der Waals surface area contributed by atoms with Gasteiger partial charge in [0.2, 0.25) is 20.9 Å². The lowest BCUT2D eigenvalue weighted by atomic mass is 10.2. The lowest BCUT2D eigenvalue weighted by Gasteiger charge is -2.16. The second kappa shape index (κ2) is 11.4. The summed E-state index contributed by atoms with van der Waals surface area (Å²) in [6.07, 6.45) is 1.42. The van der Waals surface area contributed by atoms with Gasteiger partial charge in [-0.15, -0.1) is 0 Å². The molecule has 0 fully saturated rings. The number of carbonyl (C=O) groups excluding carboxylic acids is 1. The summed E-state index contributed by atoms with van der Waals surface area (Å²) in [6.45, 7) is 0. The van der Waals surface area contributed by atoms with Gasteiger partial charge in [-0.1, -0.05) is 11.3 Å².